The average Bonchev–Trinajstić information content (AvgIpc) is 2.96. The molecule has 1 N–H and O–H groups in total. The van der Waals surface area contributed by atoms with Crippen molar-refractivity contribution in [1.29, 1.82) is 0 Å². The molecule has 1 aliphatic rings. The molecule has 6 nitrogen and oxygen atoms in total. The van der Waals surface area contributed by atoms with Crippen LogP contribution in [0.4, 0.5) is 11.4 Å². The fraction of sp³-hybridized carbons (Fsp3) is 0.571. The van der Waals surface area contributed by atoms with Gasteiger partial charge in [-0.1, -0.05) is 11.6 Å². The van der Waals surface area contributed by atoms with E-state index in [1.807, 2.05) is 4.90 Å². The van der Waals surface area contributed by atoms with Crippen LogP contribution in [0, 0.1) is 10.1 Å². The average molecular weight is 314 g/mol. The number of hydrogen-bond acceptors (Lipinski definition) is 5. The first-order valence-electron chi connectivity index (χ1n) is 7.03. The molecule has 1 unspecified atom stereocenters. The van der Waals surface area contributed by atoms with Crippen molar-refractivity contribution in [3.8, 4) is 0 Å². The molecule has 0 saturated carbocycles. The van der Waals surface area contributed by atoms with E-state index >= 15 is 0 Å². The Balaban J connectivity index is 2.25. The molecule has 0 bridgehead atoms. The molecule has 0 radical (unpaired) electrons. The van der Waals surface area contributed by atoms with Crippen molar-refractivity contribution in [2.45, 2.75) is 18.9 Å². The molecule has 116 valence electrons. The molecule has 7 heteroatoms. The zero-order valence-electron chi connectivity index (χ0n) is 12.0. The van der Waals surface area contributed by atoms with Crippen LogP contribution in [0.25, 0.3) is 0 Å². The fourth-order valence-corrected chi connectivity index (χ4v) is 2.76. The van der Waals surface area contributed by atoms with E-state index in [4.69, 9.17) is 16.3 Å². The number of nitro benzene ring substituents is 1. The Morgan fingerprint density at radius 3 is 3.00 bits per heavy atom. The standard InChI is InChI=1S/C14H20ClN3O3/c1-21-8-7-17(10-12-3-2-6-16-12)14-9-11(15)4-5-13(14)18(19)20/h4-5,9,12,16H,2-3,6-8,10H2,1H3. The van der Waals surface area contributed by atoms with Gasteiger partial charge in [-0.3, -0.25) is 10.1 Å². The van der Waals surface area contributed by atoms with Crippen LogP contribution in [-0.2, 0) is 4.74 Å². The highest BCUT2D eigenvalue weighted by molar-refractivity contribution is 6.31. The predicted octanol–water partition coefficient (Wildman–Crippen LogP) is 2.45. The Morgan fingerprint density at radius 1 is 1.57 bits per heavy atom. The Labute approximate surface area is 129 Å². The lowest BCUT2D eigenvalue weighted by atomic mass is 10.2. The molecule has 21 heavy (non-hydrogen) atoms. The van der Waals surface area contributed by atoms with Gasteiger partial charge in [-0.05, 0) is 31.5 Å². The number of rotatable bonds is 7. The summed E-state index contributed by atoms with van der Waals surface area (Å²) < 4.78 is 5.12. The van der Waals surface area contributed by atoms with Crippen molar-refractivity contribution in [3.05, 3.63) is 33.3 Å². The molecule has 0 amide bonds. The number of anilines is 1. The van der Waals surface area contributed by atoms with Gasteiger partial charge >= 0.3 is 0 Å². The van der Waals surface area contributed by atoms with Gasteiger partial charge in [0.15, 0.2) is 0 Å². The fourth-order valence-electron chi connectivity index (χ4n) is 2.59. The second-order valence-electron chi connectivity index (χ2n) is 5.12. The lowest BCUT2D eigenvalue weighted by Gasteiger charge is -2.27. The van der Waals surface area contributed by atoms with Crippen LogP contribution in [0.1, 0.15) is 12.8 Å². The minimum absolute atomic E-state index is 0.0773. The Bertz CT molecular complexity index is 492. The zero-order chi connectivity index (χ0) is 15.2. The van der Waals surface area contributed by atoms with Crippen molar-refractivity contribution in [3.63, 3.8) is 0 Å². The number of benzene rings is 1. The lowest BCUT2D eigenvalue weighted by molar-refractivity contribution is -0.384. The van der Waals surface area contributed by atoms with Crippen LogP contribution >= 0.6 is 11.6 Å². The molecule has 2 rings (SSSR count). The third-order valence-electron chi connectivity index (χ3n) is 3.64. The van der Waals surface area contributed by atoms with Crippen molar-refractivity contribution < 1.29 is 9.66 Å². The molecular formula is C14H20ClN3O3. The van der Waals surface area contributed by atoms with E-state index in [0.29, 0.717) is 36.4 Å². The molecule has 1 aromatic carbocycles. The molecule has 1 fully saturated rings. The summed E-state index contributed by atoms with van der Waals surface area (Å²) in [5.41, 5.74) is 0.631. The van der Waals surface area contributed by atoms with Crippen LogP contribution in [0.5, 0.6) is 0 Å². The lowest BCUT2D eigenvalue weighted by Crippen LogP contribution is -2.39. The van der Waals surface area contributed by atoms with E-state index in [-0.39, 0.29) is 10.6 Å². The van der Waals surface area contributed by atoms with Crippen LogP contribution < -0.4 is 10.2 Å². The highest BCUT2D eigenvalue weighted by Crippen LogP contribution is 2.31. The monoisotopic (exact) mass is 313 g/mol. The van der Waals surface area contributed by atoms with Crippen molar-refractivity contribution in [2.24, 2.45) is 0 Å². The maximum Gasteiger partial charge on any atom is 0.292 e. The van der Waals surface area contributed by atoms with E-state index in [1.165, 1.54) is 6.07 Å². The first-order chi connectivity index (χ1) is 10.1. The second-order valence-corrected chi connectivity index (χ2v) is 5.56. The number of ether oxygens (including phenoxy) is 1. The number of methoxy groups -OCH3 is 1. The number of hydrogen-bond donors (Lipinski definition) is 1. The number of halogens is 1. The van der Waals surface area contributed by atoms with Gasteiger partial charge in [-0.15, -0.1) is 0 Å². The third kappa shape index (κ3) is 4.30. The Kier molecular flexibility index (Phi) is 5.78. The van der Waals surface area contributed by atoms with Gasteiger partial charge in [0.1, 0.15) is 5.69 Å². The van der Waals surface area contributed by atoms with Crippen LogP contribution in [0.2, 0.25) is 5.02 Å². The topological polar surface area (TPSA) is 67.6 Å². The summed E-state index contributed by atoms with van der Waals surface area (Å²) in [6.45, 7) is 2.82. The summed E-state index contributed by atoms with van der Waals surface area (Å²) in [5, 5.41) is 15.1. The number of nitro groups is 1. The van der Waals surface area contributed by atoms with E-state index in [0.717, 1.165) is 19.4 Å². The van der Waals surface area contributed by atoms with Crippen molar-refractivity contribution >= 4 is 23.0 Å². The summed E-state index contributed by atoms with van der Waals surface area (Å²) in [6.07, 6.45) is 2.22. The largest absolute Gasteiger partial charge is 0.383 e. The first kappa shape index (κ1) is 16.0. The Hall–Kier alpha value is -1.37. The van der Waals surface area contributed by atoms with Gasteiger partial charge in [0.2, 0.25) is 0 Å². The van der Waals surface area contributed by atoms with Crippen molar-refractivity contribution in [2.75, 3.05) is 38.3 Å². The minimum Gasteiger partial charge on any atom is -0.383 e. The van der Waals surface area contributed by atoms with E-state index in [1.54, 1.807) is 19.2 Å². The Morgan fingerprint density at radius 2 is 2.38 bits per heavy atom. The highest BCUT2D eigenvalue weighted by Gasteiger charge is 2.24. The molecule has 1 aromatic rings. The van der Waals surface area contributed by atoms with Gasteiger partial charge in [-0.2, -0.15) is 0 Å². The maximum atomic E-state index is 11.2. The van der Waals surface area contributed by atoms with Gasteiger partial charge in [0, 0.05) is 37.3 Å². The van der Waals surface area contributed by atoms with E-state index < -0.39 is 0 Å². The molecule has 0 aliphatic carbocycles. The number of nitrogens with one attached hydrogen (secondary N) is 1. The maximum absolute atomic E-state index is 11.2. The molecular weight excluding hydrogens is 294 g/mol. The second kappa shape index (κ2) is 7.59. The van der Waals surface area contributed by atoms with Crippen LogP contribution in [0.15, 0.2) is 18.2 Å². The van der Waals surface area contributed by atoms with Crippen LogP contribution in [-0.4, -0.2) is 44.3 Å². The number of nitrogens with zero attached hydrogens (tertiary/aromatic N) is 2. The molecule has 1 aliphatic heterocycles. The predicted molar refractivity (Wildman–Crippen MR) is 83.2 cm³/mol. The first-order valence-corrected chi connectivity index (χ1v) is 7.41. The smallest absolute Gasteiger partial charge is 0.292 e. The van der Waals surface area contributed by atoms with E-state index in [2.05, 4.69) is 5.32 Å². The zero-order valence-corrected chi connectivity index (χ0v) is 12.8. The molecule has 0 spiro atoms. The summed E-state index contributed by atoms with van der Waals surface area (Å²) in [6, 6.07) is 5.01. The van der Waals surface area contributed by atoms with Crippen molar-refractivity contribution in [1.82, 2.24) is 5.32 Å². The summed E-state index contributed by atoms with van der Waals surface area (Å²) in [5.74, 6) is 0. The van der Waals surface area contributed by atoms with E-state index in [9.17, 15) is 10.1 Å². The van der Waals surface area contributed by atoms with Gasteiger partial charge in [0.25, 0.3) is 5.69 Å². The normalized spacial score (nSPS) is 17.9. The SMILES string of the molecule is COCCN(CC1CCCN1)c1cc(Cl)ccc1[N+](=O)[O-]. The molecule has 1 atom stereocenters. The van der Waals surface area contributed by atoms with Gasteiger partial charge in [-0.25, -0.2) is 0 Å². The summed E-state index contributed by atoms with van der Waals surface area (Å²) in [4.78, 5) is 12.9. The molecule has 0 aromatic heterocycles. The highest BCUT2D eigenvalue weighted by atomic mass is 35.5. The van der Waals surface area contributed by atoms with Gasteiger partial charge < -0.3 is 15.0 Å². The molecule has 1 saturated heterocycles. The molecule has 1 heterocycles. The van der Waals surface area contributed by atoms with Gasteiger partial charge in [0.05, 0.1) is 11.5 Å². The van der Waals surface area contributed by atoms with Crippen LogP contribution in [0.3, 0.4) is 0 Å². The third-order valence-corrected chi connectivity index (χ3v) is 3.88. The summed E-state index contributed by atoms with van der Waals surface area (Å²) in [7, 11) is 1.62. The minimum atomic E-state index is -0.368. The quantitative estimate of drug-likeness (QED) is 0.618. The summed E-state index contributed by atoms with van der Waals surface area (Å²) >= 11 is 6.02.